The second kappa shape index (κ2) is 6.73. The third kappa shape index (κ3) is 3.73. The smallest absolute Gasteiger partial charge is 0.267 e. The number of hydrogen-bond acceptors (Lipinski definition) is 5. The van der Waals surface area contributed by atoms with Crippen LogP contribution in [0.2, 0.25) is 0 Å². The van der Waals surface area contributed by atoms with Crippen LogP contribution in [-0.2, 0) is 11.0 Å². The van der Waals surface area contributed by atoms with Gasteiger partial charge in [-0.1, -0.05) is 38.1 Å². The summed E-state index contributed by atoms with van der Waals surface area (Å²) in [5.41, 5.74) is 7.21. The molecule has 3 rings (SSSR count). The van der Waals surface area contributed by atoms with Crippen molar-refractivity contribution < 1.29 is 9.26 Å². The molecule has 1 aromatic heterocycles. The molecule has 1 atom stereocenters. The first-order valence-electron chi connectivity index (χ1n) is 8.18. The van der Waals surface area contributed by atoms with Crippen LogP contribution in [-0.4, -0.2) is 10.1 Å². The first-order chi connectivity index (χ1) is 10.8. The van der Waals surface area contributed by atoms with E-state index in [-0.39, 0.29) is 23.9 Å². The maximum absolute atomic E-state index is 6.22. The number of nitrogens with two attached hydrogens (primary N) is 1. The van der Waals surface area contributed by atoms with Crippen LogP contribution in [0.15, 0.2) is 28.8 Å². The molecule has 1 aliphatic carbocycles. The van der Waals surface area contributed by atoms with Crippen LogP contribution in [0.4, 0.5) is 0 Å². The molecule has 1 unspecified atom stereocenters. The number of rotatable bonds is 4. The second-order valence-corrected chi connectivity index (χ2v) is 7.50. The van der Waals surface area contributed by atoms with E-state index in [9.17, 15) is 0 Å². The van der Waals surface area contributed by atoms with Gasteiger partial charge in [0.2, 0.25) is 0 Å². The molecule has 6 heteroatoms. The molecular weight excluding hydrogens is 326 g/mol. The lowest BCUT2D eigenvalue weighted by Crippen LogP contribution is -2.44. The molecule has 2 N–H and O–H groups in total. The van der Waals surface area contributed by atoms with E-state index < -0.39 is 5.54 Å². The Morgan fingerprint density at radius 2 is 1.83 bits per heavy atom. The molecule has 0 spiro atoms. The summed E-state index contributed by atoms with van der Waals surface area (Å²) in [5, 5.41) is 4.03. The van der Waals surface area contributed by atoms with Crippen molar-refractivity contribution in [1.82, 2.24) is 10.1 Å². The van der Waals surface area contributed by atoms with Crippen molar-refractivity contribution in [3.8, 4) is 5.75 Å². The van der Waals surface area contributed by atoms with E-state index in [2.05, 4.69) is 43.0 Å². The number of ether oxygens (including phenoxy) is 1. The van der Waals surface area contributed by atoms with E-state index >= 15 is 0 Å². The highest BCUT2D eigenvalue weighted by molar-refractivity contribution is 5.85. The molecule has 1 aliphatic rings. The van der Waals surface area contributed by atoms with E-state index in [1.54, 1.807) is 0 Å². The Balaban J connectivity index is 0.00000208. The summed E-state index contributed by atoms with van der Waals surface area (Å²) >= 11 is 0. The lowest BCUT2D eigenvalue weighted by molar-refractivity contribution is 0.174. The highest BCUT2D eigenvalue weighted by Crippen LogP contribution is 2.37. The number of nitrogens with zero attached hydrogens (tertiary/aromatic N) is 2. The monoisotopic (exact) mass is 351 g/mol. The molecule has 0 saturated heterocycles. The van der Waals surface area contributed by atoms with Gasteiger partial charge in [0.15, 0.2) is 11.9 Å². The van der Waals surface area contributed by atoms with Crippen molar-refractivity contribution in [2.24, 2.45) is 5.73 Å². The van der Waals surface area contributed by atoms with E-state index in [1.807, 2.05) is 19.1 Å². The summed E-state index contributed by atoms with van der Waals surface area (Å²) in [6, 6.07) is 8.13. The molecule has 0 amide bonds. The largest absolute Gasteiger partial charge is 0.481 e. The minimum Gasteiger partial charge on any atom is -0.481 e. The van der Waals surface area contributed by atoms with Gasteiger partial charge in [0.05, 0.1) is 5.54 Å². The van der Waals surface area contributed by atoms with Gasteiger partial charge in [0.1, 0.15) is 5.75 Å². The van der Waals surface area contributed by atoms with Crippen LogP contribution in [0.3, 0.4) is 0 Å². The molecule has 1 heterocycles. The number of aromatic nitrogens is 2. The molecule has 1 aromatic carbocycles. The minimum atomic E-state index is -0.407. The summed E-state index contributed by atoms with van der Waals surface area (Å²) in [5.74, 6) is 1.85. The second-order valence-electron chi connectivity index (χ2n) is 7.50. The summed E-state index contributed by atoms with van der Waals surface area (Å²) in [4.78, 5) is 4.43. The summed E-state index contributed by atoms with van der Waals surface area (Å²) in [6.45, 7) is 8.47. The molecule has 1 fully saturated rings. The maximum atomic E-state index is 6.22. The average Bonchev–Trinajstić information content (AvgIpc) is 2.94. The van der Waals surface area contributed by atoms with Crippen molar-refractivity contribution in [3.05, 3.63) is 41.5 Å². The third-order valence-electron chi connectivity index (χ3n) is 4.51. The fourth-order valence-corrected chi connectivity index (χ4v) is 2.67. The Labute approximate surface area is 149 Å². The Kier molecular flexibility index (Phi) is 5.25. The molecular formula is C18H26ClN3O2. The minimum absolute atomic E-state index is 0. The Bertz CT molecular complexity index is 672. The van der Waals surface area contributed by atoms with Crippen LogP contribution in [0, 0.1) is 0 Å². The Morgan fingerprint density at radius 3 is 2.33 bits per heavy atom. The first-order valence-corrected chi connectivity index (χ1v) is 8.18. The maximum Gasteiger partial charge on any atom is 0.267 e. The van der Waals surface area contributed by atoms with Crippen LogP contribution < -0.4 is 10.5 Å². The van der Waals surface area contributed by atoms with Gasteiger partial charge in [0.25, 0.3) is 5.89 Å². The molecule has 0 aliphatic heterocycles. The highest BCUT2D eigenvalue weighted by Gasteiger charge is 2.39. The quantitative estimate of drug-likeness (QED) is 0.890. The van der Waals surface area contributed by atoms with Crippen LogP contribution in [0.5, 0.6) is 5.75 Å². The predicted molar refractivity (Wildman–Crippen MR) is 95.4 cm³/mol. The van der Waals surface area contributed by atoms with Crippen molar-refractivity contribution in [2.75, 3.05) is 0 Å². The summed E-state index contributed by atoms with van der Waals surface area (Å²) < 4.78 is 11.2. The van der Waals surface area contributed by atoms with Crippen molar-refractivity contribution in [3.63, 3.8) is 0 Å². The first kappa shape index (κ1) is 18.7. The predicted octanol–water partition coefficient (Wildman–Crippen LogP) is 4.27. The van der Waals surface area contributed by atoms with Crippen molar-refractivity contribution >= 4 is 12.4 Å². The Morgan fingerprint density at radius 1 is 1.21 bits per heavy atom. The third-order valence-corrected chi connectivity index (χ3v) is 4.51. The molecule has 132 valence electrons. The molecule has 0 bridgehead atoms. The van der Waals surface area contributed by atoms with Crippen molar-refractivity contribution in [1.29, 1.82) is 0 Å². The van der Waals surface area contributed by atoms with Gasteiger partial charge in [0, 0.05) is 0 Å². The molecule has 2 aromatic rings. The van der Waals surface area contributed by atoms with Crippen LogP contribution in [0.25, 0.3) is 0 Å². The summed E-state index contributed by atoms with van der Waals surface area (Å²) in [6.07, 6.45) is 2.64. The zero-order chi connectivity index (χ0) is 16.7. The van der Waals surface area contributed by atoms with E-state index in [1.165, 1.54) is 5.56 Å². The normalized spacial score (nSPS) is 17.5. The molecule has 1 saturated carbocycles. The van der Waals surface area contributed by atoms with Gasteiger partial charge in [-0.3, -0.25) is 0 Å². The molecule has 24 heavy (non-hydrogen) atoms. The lowest BCUT2D eigenvalue weighted by Gasteiger charge is -2.34. The topological polar surface area (TPSA) is 74.2 Å². The number of hydrogen-bond donors (Lipinski definition) is 1. The van der Waals surface area contributed by atoms with Gasteiger partial charge >= 0.3 is 0 Å². The van der Waals surface area contributed by atoms with E-state index in [4.69, 9.17) is 15.0 Å². The van der Waals surface area contributed by atoms with Gasteiger partial charge < -0.3 is 15.0 Å². The van der Waals surface area contributed by atoms with Gasteiger partial charge in [-0.25, -0.2) is 0 Å². The van der Waals surface area contributed by atoms with Crippen LogP contribution in [0.1, 0.15) is 70.3 Å². The van der Waals surface area contributed by atoms with Gasteiger partial charge in [-0.05, 0) is 49.3 Å². The highest BCUT2D eigenvalue weighted by atomic mass is 35.5. The van der Waals surface area contributed by atoms with Crippen LogP contribution >= 0.6 is 12.4 Å². The fraction of sp³-hybridized carbons (Fsp3) is 0.556. The number of benzene rings is 1. The van der Waals surface area contributed by atoms with E-state index in [0.29, 0.717) is 11.7 Å². The van der Waals surface area contributed by atoms with Gasteiger partial charge in [-0.2, -0.15) is 4.98 Å². The van der Waals surface area contributed by atoms with Crippen molar-refractivity contribution in [2.45, 2.75) is 64.0 Å². The fourth-order valence-electron chi connectivity index (χ4n) is 2.67. The van der Waals surface area contributed by atoms with Gasteiger partial charge in [-0.15, -0.1) is 12.4 Å². The number of halogens is 1. The summed E-state index contributed by atoms with van der Waals surface area (Å²) in [7, 11) is 0. The average molecular weight is 352 g/mol. The zero-order valence-electron chi connectivity index (χ0n) is 14.7. The van der Waals surface area contributed by atoms with E-state index in [0.717, 1.165) is 25.0 Å². The Hall–Kier alpha value is -1.59. The SMILES string of the molecule is CC(Oc1ccc(C(C)(C)C)cc1)c1nc(C2(N)CCC2)no1.Cl. The molecule has 0 radical (unpaired) electrons. The standard InChI is InChI=1S/C18H25N3O2.ClH/c1-12(15-20-16(21-23-15)18(19)10-5-11-18)22-14-8-6-13(7-9-14)17(2,3)4;/h6-9,12H,5,10-11,19H2,1-4H3;1H. The lowest BCUT2D eigenvalue weighted by atomic mass is 9.77. The molecule has 5 nitrogen and oxygen atoms in total. The zero-order valence-corrected chi connectivity index (χ0v) is 15.5.